The molecule has 1 fully saturated rings. The van der Waals surface area contributed by atoms with Crippen LogP contribution in [0, 0.1) is 0 Å². The van der Waals surface area contributed by atoms with E-state index in [1.54, 1.807) is 11.0 Å². The van der Waals surface area contributed by atoms with Gasteiger partial charge >= 0.3 is 6.18 Å². The molecule has 4 heterocycles. The highest BCUT2D eigenvalue weighted by atomic mass is 19.4. The zero-order valence-electron chi connectivity index (χ0n) is 19.1. The number of piperidine rings is 1. The van der Waals surface area contributed by atoms with Crippen molar-refractivity contribution in [1.82, 2.24) is 25.1 Å². The van der Waals surface area contributed by atoms with Gasteiger partial charge in [-0.2, -0.15) is 18.3 Å². The molecule has 1 saturated heterocycles. The standard InChI is InChI=1S/C25H23F3N6O2/c26-25(27,28)17-7-5-10-29-23(17)24(36)31-21-13-19(32-33-21)20-9-3-4-11-34(20)22(35)12-15-14-30-18-8-2-1-6-16(15)18/h1-2,5-8,10,13-14,20,30H,3-4,9,11-12H2,(H2,31,32,33,36). The number of aromatic amines is 2. The van der Waals surface area contributed by atoms with Gasteiger partial charge in [-0.25, -0.2) is 0 Å². The van der Waals surface area contributed by atoms with E-state index in [1.807, 2.05) is 30.5 Å². The summed E-state index contributed by atoms with van der Waals surface area (Å²) in [6.07, 6.45) is 0.966. The number of benzene rings is 1. The molecule has 2 amide bonds. The van der Waals surface area contributed by atoms with Crippen molar-refractivity contribution in [3.8, 4) is 0 Å². The van der Waals surface area contributed by atoms with Crippen molar-refractivity contribution in [2.24, 2.45) is 0 Å². The number of para-hydroxylation sites is 1. The number of nitrogens with zero attached hydrogens (tertiary/aromatic N) is 3. The van der Waals surface area contributed by atoms with E-state index < -0.39 is 23.3 Å². The van der Waals surface area contributed by atoms with Crippen molar-refractivity contribution in [3.63, 3.8) is 0 Å². The molecular formula is C25H23F3N6O2. The van der Waals surface area contributed by atoms with Gasteiger partial charge in [0.25, 0.3) is 5.91 Å². The number of halogens is 3. The first-order valence-corrected chi connectivity index (χ1v) is 11.5. The fourth-order valence-corrected chi connectivity index (χ4v) is 4.66. The highest BCUT2D eigenvalue weighted by Crippen LogP contribution is 2.33. The van der Waals surface area contributed by atoms with Gasteiger partial charge in [0.15, 0.2) is 5.82 Å². The Balaban J connectivity index is 1.32. The molecule has 36 heavy (non-hydrogen) atoms. The van der Waals surface area contributed by atoms with Crippen LogP contribution in [0.15, 0.2) is 54.9 Å². The predicted molar refractivity (Wildman–Crippen MR) is 126 cm³/mol. The van der Waals surface area contributed by atoms with Crippen molar-refractivity contribution >= 4 is 28.5 Å². The number of amides is 2. The van der Waals surface area contributed by atoms with Gasteiger partial charge in [-0.1, -0.05) is 18.2 Å². The Morgan fingerprint density at radius 1 is 1.14 bits per heavy atom. The molecule has 5 rings (SSSR count). The lowest BCUT2D eigenvalue weighted by atomic mass is 9.98. The first kappa shape index (κ1) is 23.6. The maximum absolute atomic E-state index is 13.3. The summed E-state index contributed by atoms with van der Waals surface area (Å²) in [4.78, 5) is 34.4. The van der Waals surface area contributed by atoms with E-state index in [0.717, 1.165) is 47.6 Å². The highest BCUT2D eigenvalue weighted by Gasteiger charge is 2.36. The summed E-state index contributed by atoms with van der Waals surface area (Å²) in [5.74, 6) is -0.992. The maximum Gasteiger partial charge on any atom is 0.418 e. The Kier molecular flexibility index (Phi) is 6.21. The molecular weight excluding hydrogens is 473 g/mol. The number of carbonyl (C=O) groups excluding carboxylic acids is 2. The number of likely N-dealkylation sites (tertiary alicyclic amines) is 1. The molecule has 1 aliphatic heterocycles. The van der Waals surface area contributed by atoms with Crippen LogP contribution < -0.4 is 5.32 Å². The molecule has 0 spiro atoms. The van der Waals surface area contributed by atoms with Crippen molar-refractivity contribution in [2.45, 2.75) is 37.9 Å². The minimum Gasteiger partial charge on any atom is -0.361 e. The summed E-state index contributed by atoms with van der Waals surface area (Å²) >= 11 is 0. The lowest BCUT2D eigenvalue weighted by Gasteiger charge is -2.35. The van der Waals surface area contributed by atoms with Crippen molar-refractivity contribution in [1.29, 1.82) is 0 Å². The Bertz CT molecular complexity index is 1410. The van der Waals surface area contributed by atoms with Crippen LogP contribution in [0.5, 0.6) is 0 Å². The van der Waals surface area contributed by atoms with Gasteiger partial charge in [-0.05, 0) is 43.0 Å². The molecule has 1 unspecified atom stereocenters. The van der Waals surface area contributed by atoms with Crippen LogP contribution in [0.3, 0.4) is 0 Å². The third-order valence-corrected chi connectivity index (χ3v) is 6.37. The fourth-order valence-electron chi connectivity index (χ4n) is 4.66. The number of anilines is 1. The van der Waals surface area contributed by atoms with Crippen LogP contribution >= 0.6 is 0 Å². The molecule has 8 nitrogen and oxygen atoms in total. The second-order valence-electron chi connectivity index (χ2n) is 8.69. The number of alkyl halides is 3. The van der Waals surface area contributed by atoms with E-state index in [2.05, 4.69) is 25.5 Å². The van der Waals surface area contributed by atoms with Crippen LogP contribution in [0.25, 0.3) is 10.9 Å². The number of pyridine rings is 1. The lowest BCUT2D eigenvalue weighted by molar-refractivity contribution is -0.138. The third kappa shape index (κ3) is 4.68. The number of nitrogens with one attached hydrogen (secondary N) is 3. The van der Waals surface area contributed by atoms with Crippen molar-refractivity contribution in [2.75, 3.05) is 11.9 Å². The van der Waals surface area contributed by atoms with Crippen LogP contribution in [-0.4, -0.2) is 43.4 Å². The summed E-state index contributed by atoms with van der Waals surface area (Å²) in [6, 6.07) is 11.0. The zero-order chi connectivity index (χ0) is 25.3. The quantitative estimate of drug-likeness (QED) is 0.367. The second-order valence-corrected chi connectivity index (χ2v) is 8.69. The van der Waals surface area contributed by atoms with Gasteiger partial charge in [-0.3, -0.25) is 19.7 Å². The summed E-state index contributed by atoms with van der Waals surface area (Å²) in [5.41, 5.74) is 0.621. The predicted octanol–water partition coefficient (Wildman–Crippen LogP) is 4.85. The maximum atomic E-state index is 13.3. The largest absolute Gasteiger partial charge is 0.418 e. The Morgan fingerprint density at radius 3 is 2.81 bits per heavy atom. The third-order valence-electron chi connectivity index (χ3n) is 6.37. The van der Waals surface area contributed by atoms with Crippen molar-refractivity contribution < 1.29 is 22.8 Å². The minimum absolute atomic E-state index is 0.0343. The zero-order valence-corrected chi connectivity index (χ0v) is 19.1. The number of hydrogen-bond donors (Lipinski definition) is 3. The molecule has 186 valence electrons. The average Bonchev–Trinajstić information content (AvgIpc) is 3.51. The number of fused-ring (bicyclic) bond motifs is 1. The number of H-pyrrole nitrogens is 2. The number of rotatable bonds is 5. The van der Waals surface area contributed by atoms with Gasteiger partial charge < -0.3 is 15.2 Å². The normalized spacial score (nSPS) is 16.3. The Labute approximate surface area is 203 Å². The van der Waals surface area contributed by atoms with Crippen LogP contribution in [-0.2, 0) is 17.4 Å². The summed E-state index contributed by atoms with van der Waals surface area (Å²) in [7, 11) is 0. The Morgan fingerprint density at radius 2 is 1.97 bits per heavy atom. The number of hydrogen-bond acceptors (Lipinski definition) is 4. The van der Waals surface area contributed by atoms with Crippen LogP contribution in [0.2, 0.25) is 0 Å². The van der Waals surface area contributed by atoms with E-state index in [9.17, 15) is 22.8 Å². The average molecular weight is 496 g/mol. The van der Waals surface area contributed by atoms with Gasteiger partial charge in [-0.15, -0.1) is 0 Å². The topological polar surface area (TPSA) is 107 Å². The van der Waals surface area contributed by atoms with E-state index in [4.69, 9.17) is 0 Å². The molecule has 4 aromatic rings. The van der Waals surface area contributed by atoms with Gasteiger partial charge in [0.05, 0.1) is 23.7 Å². The molecule has 0 saturated carbocycles. The van der Waals surface area contributed by atoms with Gasteiger partial charge in [0, 0.05) is 35.9 Å². The molecule has 1 aliphatic rings. The molecule has 11 heteroatoms. The molecule has 0 bridgehead atoms. The second kappa shape index (κ2) is 9.48. The number of aromatic nitrogens is 4. The molecule has 3 aromatic heterocycles. The van der Waals surface area contributed by atoms with Gasteiger partial charge in [0.2, 0.25) is 5.91 Å². The van der Waals surface area contributed by atoms with E-state index in [-0.39, 0.29) is 24.2 Å². The summed E-state index contributed by atoms with van der Waals surface area (Å²) < 4.78 is 39.8. The smallest absolute Gasteiger partial charge is 0.361 e. The van der Waals surface area contributed by atoms with E-state index in [1.165, 1.54) is 0 Å². The first-order chi connectivity index (χ1) is 17.3. The number of carbonyl (C=O) groups is 2. The highest BCUT2D eigenvalue weighted by molar-refractivity contribution is 6.03. The van der Waals surface area contributed by atoms with Gasteiger partial charge in [0.1, 0.15) is 5.69 Å². The lowest BCUT2D eigenvalue weighted by Crippen LogP contribution is -2.39. The molecule has 1 aromatic carbocycles. The summed E-state index contributed by atoms with van der Waals surface area (Å²) in [6.45, 7) is 0.579. The van der Waals surface area contributed by atoms with E-state index in [0.29, 0.717) is 18.7 Å². The molecule has 3 N–H and O–H groups in total. The summed E-state index contributed by atoms with van der Waals surface area (Å²) in [5, 5.41) is 10.3. The Hall–Kier alpha value is -4.15. The molecule has 0 radical (unpaired) electrons. The van der Waals surface area contributed by atoms with Crippen LogP contribution in [0.4, 0.5) is 19.0 Å². The SMILES string of the molecule is O=C(Nc1cc(C2CCCCN2C(=O)Cc2c[nH]c3ccccc23)[nH]n1)c1ncccc1C(F)(F)F. The fraction of sp³-hybridized carbons (Fsp3) is 0.280. The monoisotopic (exact) mass is 496 g/mol. The first-order valence-electron chi connectivity index (χ1n) is 11.5. The minimum atomic E-state index is -4.72. The molecule has 1 atom stereocenters. The van der Waals surface area contributed by atoms with Crippen molar-refractivity contribution in [3.05, 3.63) is 77.4 Å². The molecule has 0 aliphatic carbocycles. The van der Waals surface area contributed by atoms with E-state index >= 15 is 0 Å². The van der Waals surface area contributed by atoms with Crippen LogP contribution in [0.1, 0.15) is 52.6 Å².